The highest BCUT2D eigenvalue weighted by molar-refractivity contribution is 7.71. The molecule has 1 saturated carbocycles. The molecule has 1 aromatic carbocycles. The normalized spacial score (nSPS) is 24.0. The summed E-state index contributed by atoms with van der Waals surface area (Å²) in [6, 6.07) is 7.28. The lowest BCUT2D eigenvalue weighted by molar-refractivity contribution is 0.173. The van der Waals surface area contributed by atoms with Gasteiger partial charge >= 0.3 is 0 Å². The van der Waals surface area contributed by atoms with Gasteiger partial charge < -0.3 is 14.4 Å². The summed E-state index contributed by atoms with van der Waals surface area (Å²) in [5.74, 6) is 2.81. The van der Waals surface area contributed by atoms with Gasteiger partial charge in [-0.15, -0.1) is 5.10 Å². The molecule has 1 atom stereocenters. The van der Waals surface area contributed by atoms with E-state index in [0.29, 0.717) is 18.9 Å². The lowest BCUT2D eigenvalue weighted by Crippen LogP contribution is -2.32. The largest absolute Gasteiger partial charge is 0.454 e. The third-order valence-electron chi connectivity index (χ3n) is 6.86. The van der Waals surface area contributed by atoms with Crippen LogP contribution in [0.1, 0.15) is 62.6 Å². The van der Waals surface area contributed by atoms with Gasteiger partial charge in [-0.2, -0.15) is 0 Å². The molecule has 2 aromatic rings. The first-order chi connectivity index (χ1) is 14.8. The molecule has 0 spiro atoms. The van der Waals surface area contributed by atoms with Crippen LogP contribution in [0.4, 0.5) is 5.95 Å². The predicted molar refractivity (Wildman–Crippen MR) is 117 cm³/mol. The molecule has 3 fully saturated rings. The predicted octanol–water partition coefficient (Wildman–Crippen LogP) is 4.26. The summed E-state index contributed by atoms with van der Waals surface area (Å²) in [5.41, 5.74) is 1.29. The Hall–Kier alpha value is -2.06. The van der Waals surface area contributed by atoms with Gasteiger partial charge in [0.15, 0.2) is 11.5 Å². The number of aromatic nitrogens is 3. The van der Waals surface area contributed by atoms with E-state index in [0.717, 1.165) is 54.9 Å². The Kier molecular flexibility index (Phi) is 4.71. The molecular formula is C22H29N5O2S. The lowest BCUT2D eigenvalue weighted by Gasteiger charge is -2.27. The maximum atomic E-state index is 5.93. The van der Waals surface area contributed by atoms with Gasteiger partial charge in [0.25, 0.3) is 0 Å². The van der Waals surface area contributed by atoms with Crippen molar-refractivity contribution < 1.29 is 9.47 Å². The average molecular weight is 428 g/mol. The molecule has 8 heteroatoms. The second-order valence-electron chi connectivity index (χ2n) is 8.96. The number of nitrogens with zero attached hydrogens (tertiary/aromatic N) is 5. The van der Waals surface area contributed by atoms with Crippen molar-refractivity contribution in [2.24, 2.45) is 0 Å². The Labute approximate surface area is 182 Å². The first-order valence-electron chi connectivity index (χ1n) is 11.4. The van der Waals surface area contributed by atoms with Crippen molar-refractivity contribution in [1.82, 2.24) is 19.2 Å². The fourth-order valence-corrected chi connectivity index (χ4v) is 5.46. The molecule has 0 bridgehead atoms. The quantitative estimate of drug-likeness (QED) is 0.665. The molecule has 2 saturated heterocycles. The molecule has 1 unspecified atom stereocenters. The van der Waals surface area contributed by atoms with Crippen LogP contribution < -0.4 is 14.4 Å². The molecular weight excluding hydrogens is 398 g/mol. The summed E-state index contributed by atoms with van der Waals surface area (Å²) < 4.78 is 16.4. The molecule has 4 heterocycles. The fraction of sp³-hybridized carbons (Fsp3) is 0.636. The van der Waals surface area contributed by atoms with Gasteiger partial charge in [-0.1, -0.05) is 6.07 Å². The molecule has 1 aromatic heterocycles. The molecule has 30 heavy (non-hydrogen) atoms. The van der Waals surface area contributed by atoms with Crippen LogP contribution >= 0.6 is 12.2 Å². The number of piperidine rings is 1. The molecule has 0 radical (unpaired) electrons. The topological polar surface area (TPSA) is 47.7 Å². The molecule has 160 valence electrons. The maximum Gasteiger partial charge on any atom is 0.231 e. The summed E-state index contributed by atoms with van der Waals surface area (Å²) in [6.07, 6.45) is 8.62. The highest BCUT2D eigenvalue weighted by atomic mass is 32.1. The molecule has 0 N–H and O–H groups in total. The zero-order chi connectivity index (χ0) is 20.1. The molecule has 3 aliphatic heterocycles. The SMILES string of the molecule is S=c1n(CN2CCCC2c2ccc3c(c2)OCO3)nc(N2CCCCC2)n1C1CC1. The second kappa shape index (κ2) is 7.57. The van der Waals surface area contributed by atoms with Crippen molar-refractivity contribution in [2.45, 2.75) is 63.7 Å². The minimum absolute atomic E-state index is 0.320. The van der Waals surface area contributed by atoms with Crippen molar-refractivity contribution in [2.75, 3.05) is 31.3 Å². The molecule has 4 aliphatic rings. The summed E-state index contributed by atoms with van der Waals surface area (Å²) in [4.78, 5) is 4.96. The number of hydrogen-bond acceptors (Lipinski definition) is 6. The van der Waals surface area contributed by atoms with Gasteiger partial charge in [0, 0.05) is 31.7 Å². The van der Waals surface area contributed by atoms with Crippen molar-refractivity contribution in [3.63, 3.8) is 0 Å². The van der Waals surface area contributed by atoms with Crippen LogP contribution in [0.3, 0.4) is 0 Å². The first-order valence-corrected chi connectivity index (χ1v) is 11.8. The van der Waals surface area contributed by atoms with Crippen molar-refractivity contribution in [3.05, 3.63) is 28.5 Å². The van der Waals surface area contributed by atoms with Crippen LogP contribution in [-0.2, 0) is 6.67 Å². The van der Waals surface area contributed by atoms with E-state index in [2.05, 4.69) is 31.2 Å². The Morgan fingerprint density at radius 1 is 0.967 bits per heavy atom. The number of fused-ring (bicyclic) bond motifs is 1. The minimum atomic E-state index is 0.320. The molecule has 7 nitrogen and oxygen atoms in total. The van der Waals surface area contributed by atoms with Crippen LogP contribution in [0, 0.1) is 4.77 Å². The Bertz CT molecular complexity index is 992. The second-order valence-corrected chi connectivity index (χ2v) is 9.32. The number of rotatable bonds is 5. The zero-order valence-electron chi connectivity index (χ0n) is 17.3. The minimum Gasteiger partial charge on any atom is -0.454 e. The van der Waals surface area contributed by atoms with Gasteiger partial charge in [-0.25, -0.2) is 4.68 Å². The van der Waals surface area contributed by atoms with Crippen LogP contribution in [-0.4, -0.2) is 45.7 Å². The van der Waals surface area contributed by atoms with Gasteiger partial charge in [0.1, 0.15) is 0 Å². The molecule has 6 rings (SSSR count). The Balaban J connectivity index is 1.27. The maximum absolute atomic E-state index is 5.93. The average Bonchev–Trinajstić information content (AvgIpc) is 3.19. The number of hydrogen-bond donors (Lipinski definition) is 0. The van der Waals surface area contributed by atoms with Crippen LogP contribution in [0.25, 0.3) is 0 Å². The number of anilines is 1. The first kappa shape index (κ1) is 18.7. The van der Waals surface area contributed by atoms with E-state index in [9.17, 15) is 0 Å². The van der Waals surface area contributed by atoms with E-state index in [4.69, 9.17) is 26.8 Å². The monoisotopic (exact) mass is 427 g/mol. The third kappa shape index (κ3) is 3.30. The standard InChI is InChI=1S/C22H29N5O2S/c30-22-26(23-21(27(22)17-7-8-17)24-10-2-1-3-11-24)14-25-12-4-5-18(25)16-6-9-19-20(13-16)29-15-28-19/h6,9,13,17-18H,1-5,7-8,10-12,14-15H2. The highest BCUT2D eigenvalue weighted by Crippen LogP contribution is 2.41. The molecule has 0 amide bonds. The van der Waals surface area contributed by atoms with Crippen molar-refractivity contribution >= 4 is 18.2 Å². The molecule has 1 aliphatic carbocycles. The number of likely N-dealkylation sites (tertiary alicyclic amines) is 1. The van der Waals surface area contributed by atoms with E-state index >= 15 is 0 Å². The van der Waals surface area contributed by atoms with E-state index < -0.39 is 0 Å². The van der Waals surface area contributed by atoms with Gasteiger partial charge in [-0.3, -0.25) is 9.47 Å². The highest BCUT2D eigenvalue weighted by Gasteiger charge is 2.33. The summed E-state index contributed by atoms with van der Waals surface area (Å²) in [7, 11) is 0. The van der Waals surface area contributed by atoms with Crippen molar-refractivity contribution in [1.29, 1.82) is 0 Å². The van der Waals surface area contributed by atoms with E-state index in [1.165, 1.54) is 44.1 Å². The Morgan fingerprint density at radius 2 is 1.80 bits per heavy atom. The lowest BCUT2D eigenvalue weighted by atomic mass is 10.0. The van der Waals surface area contributed by atoms with Gasteiger partial charge in [-0.05, 0) is 74.9 Å². The fourth-order valence-electron chi connectivity index (χ4n) is 5.13. The number of ether oxygens (including phenoxy) is 2. The van der Waals surface area contributed by atoms with Gasteiger partial charge in [0.05, 0.1) is 6.67 Å². The third-order valence-corrected chi connectivity index (χ3v) is 7.27. The number of benzene rings is 1. The van der Waals surface area contributed by atoms with E-state index in [1.54, 1.807) is 0 Å². The van der Waals surface area contributed by atoms with E-state index in [-0.39, 0.29) is 0 Å². The zero-order valence-corrected chi connectivity index (χ0v) is 18.1. The smallest absolute Gasteiger partial charge is 0.231 e. The summed E-state index contributed by atoms with van der Waals surface area (Å²) in [6.45, 7) is 4.33. The van der Waals surface area contributed by atoms with Crippen molar-refractivity contribution in [3.8, 4) is 11.5 Å². The Morgan fingerprint density at radius 3 is 2.63 bits per heavy atom. The van der Waals surface area contributed by atoms with Gasteiger partial charge in [0.2, 0.25) is 17.5 Å². The summed E-state index contributed by atoms with van der Waals surface area (Å²) >= 11 is 5.93. The van der Waals surface area contributed by atoms with Crippen LogP contribution in [0.5, 0.6) is 11.5 Å². The van der Waals surface area contributed by atoms with Crippen LogP contribution in [0.15, 0.2) is 18.2 Å². The summed E-state index contributed by atoms with van der Waals surface area (Å²) in [5, 5.41) is 5.06. The van der Waals surface area contributed by atoms with Crippen LogP contribution in [0.2, 0.25) is 0 Å². The van der Waals surface area contributed by atoms with E-state index in [1.807, 2.05) is 6.07 Å².